The van der Waals surface area contributed by atoms with Crippen molar-refractivity contribution in [3.63, 3.8) is 0 Å². The first-order valence-corrected chi connectivity index (χ1v) is 6.87. The predicted molar refractivity (Wildman–Crippen MR) is 82.8 cm³/mol. The van der Waals surface area contributed by atoms with Crippen LogP contribution in [0.3, 0.4) is 0 Å². The fourth-order valence-electron chi connectivity index (χ4n) is 2.29. The first-order valence-electron chi connectivity index (χ1n) is 6.11. The lowest BCUT2D eigenvalue weighted by Gasteiger charge is -2.00. The molecule has 1 aromatic heterocycles. The molecular formula is C16H11Cl2NO. The molecule has 0 aliphatic heterocycles. The van der Waals surface area contributed by atoms with Crippen LogP contribution in [0.1, 0.15) is 15.9 Å². The molecule has 0 spiro atoms. The standard InChI is InChI=1S/C16H11Cl2NO/c1-19-9-14(13-7-6-12(18)8-15(13)19)16(20)10-2-4-11(17)5-3-10/h2-9H,1H3. The van der Waals surface area contributed by atoms with E-state index in [2.05, 4.69) is 0 Å². The molecule has 0 atom stereocenters. The predicted octanol–water partition coefficient (Wildman–Crippen LogP) is 4.72. The molecule has 2 aromatic carbocycles. The van der Waals surface area contributed by atoms with E-state index in [4.69, 9.17) is 23.2 Å². The summed E-state index contributed by atoms with van der Waals surface area (Å²) in [7, 11) is 1.90. The van der Waals surface area contributed by atoms with Gasteiger partial charge in [-0.25, -0.2) is 0 Å². The Bertz CT molecular complexity index is 803. The third-order valence-electron chi connectivity index (χ3n) is 3.30. The third kappa shape index (κ3) is 2.21. The van der Waals surface area contributed by atoms with Crippen LogP contribution < -0.4 is 0 Å². The number of fused-ring (bicyclic) bond motifs is 1. The molecule has 0 aliphatic carbocycles. The van der Waals surface area contributed by atoms with E-state index in [0.717, 1.165) is 10.9 Å². The third-order valence-corrected chi connectivity index (χ3v) is 3.79. The molecular weight excluding hydrogens is 293 g/mol. The molecule has 0 fully saturated rings. The van der Waals surface area contributed by atoms with Gasteiger partial charge in [0.1, 0.15) is 0 Å². The minimum Gasteiger partial charge on any atom is -0.350 e. The lowest BCUT2D eigenvalue weighted by Crippen LogP contribution is -2.00. The van der Waals surface area contributed by atoms with Crippen LogP contribution in [-0.4, -0.2) is 10.4 Å². The zero-order valence-electron chi connectivity index (χ0n) is 10.7. The van der Waals surface area contributed by atoms with Gasteiger partial charge in [-0.1, -0.05) is 29.3 Å². The molecule has 3 rings (SSSR count). The second kappa shape index (κ2) is 4.97. The largest absolute Gasteiger partial charge is 0.350 e. The Morgan fingerprint density at radius 1 is 1.00 bits per heavy atom. The van der Waals surface area contributed by atoms with E-state index >= 15 is 0 Å². The van der Waals surface area contributed by atoms with Gasteiger partial charge in [-0.05, 0) is 36.4 Å². The van der Waals surface area contributed by atoms with E-state index in [1.54, 1.807) is 30.3 Å². The summed E-state index contributed by atoms with van der Waals surface area (Å²) in [6.07, 6.45) is 1.83. The van der Waals surface area contributed by atoms with E-state index in [0.29, 0.717) is 21.2 Å². The molecule has 20 heavy (non-hydrogen) atoms. The maximum absolute atomic E-state index is 12.6. The number of carbonyl (C=O) groups is 1. The average molecular weight is 304 g/mol. The zero-order valence-corrected chi connectivity index (χ0v) is 12.2. The molecule has 0 aliphatic rings. The van der Waals surface area contributed by atoms with Crippen LogP contribution in [0, 0.1) is 0 Å². The molecule has 0 saturated carbocycles. The van der Waals surface area contributed by atoms with E-state index in [1.807, 2.05) is 29.9 Å². The molecule has 1 heterocycles. The van der Waals surface area contributed by atoms with Gasteiger partial charge >= 0.3 is 0 Å². The van der Waals surface area contributed by atoms with E-state index in [-0.39, 0.29) is 5.78 Å². The Balaban J connectivity index is 2.15. The number of nitrogens with zero attached hydrogens (tertiary/aromatic N) is 1. The molecule has 0 saturated heterocycles. The van der Waals surface area contributed by atoms with Gasteiger partial charge in [-0.2, -0.15) is 0 Å². The van der Waals surface area contributed by atoms with E-state index in [1.165, 1.54) is 0 Å². The Morgan fingerprint density at radius 2 is 1.65 bits per heavy atom. The maximum atomic E-state index is 12.6. The van der Waals surface area contributed by atoms with Crippen molar-refractivity contribution >= 4 is 39.9 Å². The van der Waals surface area contributed by atoms with Crippen molar-refractivity contribution in [3.05, 3.63) is 69.8 Å². The fraction of sp³-hybridized carbons (Fsp3) is 0.0625. The summed E-state index contributed by atoms with van der Waals surface area (Å²) in [6.45, 7) is 0. The van der Waals surface area contributed by atoms with Crippen molar-refractivity contribution in [2.24, 2.45) is 7.05 Å². The van der Waals surface area contributed by atoms with Crippen LogP contribution in [0.15, 0.2) is 48.7 Å². The summed E-state index contributed by atoms with van der Waals surface area (Å²) in [5, 5.41) is 2.17. The molecule has 2 nitrogen and oxygen atoms in total. The van der Waals surface area contributed by atoms with Gasteiger partial charge in [0.2, 0.25) is 0 Å². The highest BCUT2D eigenvalue weighted by Crippen LogP contribution is 2.26. The number of rotatable bonds is 2. The summed E-state index contributed by atoms with van der Waals surface area (Å²) >= 11 is 11.8. The summed E-state index contributed by atoms with van der Waals surface area (Å²) < 4.78 is 1.91. The normalized spacial score (nSPS) is 10.9. The number of halogens is 2. The van der Waals surface area contributed by atoms with Crippen LogP contribution in [0.5, 0.6) is 0 Å². The summed E-state index contributed by atoms with van der Waals surface area (Å²) in [4.78, 5) is 12.6. The number of hydrogen-bond acceptors (Lipinski definition) is 1. The summed E-state index contributed by atoms with van der Waals surface area (Å²) in [5.74, 6) is -0.0189. The highest BCUT2D eigenvalue weighted by molar-refractivity contribution is 6.31. The van der Waals surface area contributed by atoms with Crippen molar-refractivity contribution in [1.29, 1.82) is 0 Å². The number of carbonyl (C=O) groups excluding carboxylic acids is 1. The summed E-state index contributed by atoms with van der Waals surface area (Å²) in [6, 6.07) is 12.4. The fourth-order valence-corrected chi connectivity index (χ4v) is 2.59. The highest BCUT2D eigenvalue weighted by atomic mass is 35.5. The van der Waals surface area contributed by atoms with Crippen molar-refractivity contribution in [2.75, 3.05) is 0 Å². The SMILES string of the molecule is Cn1cc(C(=O)c2ccc(Cl)cc2)c2ccc(Cl)cc21. The monoisotopic (exact) mass is 303 g/mol. The van der Waals surface area contributed by atoms with E-state index in [9.17, 15) is 4.79 Å². The molecule has 0 amide bonds. The summed E-state index contributed by atoms with van der Waals surface area (Å²) in [5.41, 5.74) is 2.23. The molecule has 0 N–H and O–H groups in total. The van der Waals surface area contributed by atoms with Gasteiger partial charge in [-0.15, -0.1) is 0 Å². The molecule has 0 radical (unpaired) electrons. The molecule has 100 valence electrons. The van der Waals surface area contributed by atoms with Crippen LogP contribution >= 0.6 is 23.2 Å². The minimum atomic E-state index is -0.0189. The Labute approximate surface area is 126 Å². The second-order valence-electron chi connectivity index (χ2n) is 4.65. The quantitative estimate of drug-likeness (QED) is 0.628. The van der Waals surface area contributed by atoms with Crippen LogP contribution in [0.2, 0.25) is 10.0 Å². The number of ketones is 1. The Kier molecular flexibility index (Phi) is 3.28. The van der Waals surface area contributed by atoms with Crippen molar-refractivity contribution in [3.8, 4) is 0 Å². The smallest absolute Gasteiger partial charge is 0.195 e. The topological polar surface area (TPSA) is 22.0 Å². The van der Waals surface area contributed by atoms with Crippen molar-refractivity contribution in [1.82, 2.24) is 4.57 Å². The van der Waals surface area contributed by atoms with Gasteiger partial charge in [-0.3, -0.25) is 4.79 Å². The van der Waals surface area contributed by atoms with Gasteiger partial charge < -0.3 is 4.57 Å². The maximum Gasteiger partial charge on any atom is 0.195 e. The van der Waals surface area contributed by atoms with Gasteiger partial charge in [0.05, 0.1) is 0 Å². The van der Waals surface area contributed by atoms with E-state index < -0.39 is 0 Å². The van der Waals surface area contributed by atoms with Gasteiger partial charge in [0, 0.05) is 45.3 Å². The van der Waals surface area contributed by atoms with Crippen LogP contribution in [0.25, 0.3) is 10.9 Å². The van der Waals surface area contributed by atoms with Gasteiger partial charge in [0.25, 0.3) is 0 Å². The van der Waals surface area contributed by atoms with Gasteiger partial charge in [0.15, 0.2) is 5.78 Å². The second-order valence-corrected chi connectivity index (χ2v) is 5.52. The molecule has 0 unspecified atom stereocenters. The van der Waals surface area contributed by atoms with Crippen molar-refractivity contribution < 1.29 is 4.79 Å². The molecule has 3 aromatic rings. The molecule has 4 heteroatoms. The lowest BCUT2D eigenvalue weighted by molar-refractivity contribution is 0.104. The lowest BCUT2D eigenvalue weighted by atomic mass is 10.0. The number of benzene rings is 2. The molecule has 0 bridgehead atoms. The van der Waals surface area contributed by atoms with Crippen molar-refractivity contribution in [2.45, 2.75) is 0 Å². The Hall–Kier alpha value is -1.77. The van der Waals surface area contributed by atoms with Crippen LogP contribution in [-0.2, 0) is 7.05 Å². The zero-order chi connectivity index (χ0) is 14.3. The number of aryl methyl sites for hydroxylation is 1. The minimum absolute atomic E-state index is 0.0189. The Morgan fingerprint density at radius 3 is 2.35 bits per heavy atom. The first kappa shape index (κ1) is 13.2. The number of aromatic nitrogens is 1. The first-order chi connectivity index (χ1) is 9.56. The average Bonchev–Trinajstić information content (AvgIpc) is 2.76. The van der Waals surface area contributed by atoms with Crippen LogP contribution in [0.4, 0.5) is 0 Å². The highest BCUT2D eigenvalue weighted by Gasteiger charge is 2.15. The number of hydrogen-bond donors (Lipinski definition) is 0.